The summed E-state index contributed by atoms with van der Waals surface area (Å²) in [7, 11) is 3.11. The second-order valence-electron chi connectivity index (χ2n) is 8.73. The molecule has 190 valence electrons. The van der Waals surface area contributed by atoms with E-state index in [9.17, 15) is 9.59 Å². The molecule has 36 heavy (non-hydrogen) atoms. The van der Waals surface area contributed by atoms with Crippen molar-refractivity contribution in [1.82, 2.24) is 9.80 Å². The van der Waals surface area contributed by atoms with Crippen LogP contribution in [0.25, 0.3) is 11.0 Å². The van der Waals surface area contributed by atoms with Gasteiger partial charge in [-0.25, -0.2) is 0 Å². The Hall–Kier alpha value is -3.56. The smallest absolute Gasteiger partial charge is 0.290 e. The second-order valence-corrected chi connectivity index (χ2v) is 8.73. The molecule has 5 rings (SSSR count). The molecule has 2 aromatic carbocycles. The van der Waals surface area contributed by atoms with Crippen LogP contribution in [0.3, 0.4) is 0 Å². The topological polar surface area (TPSA) is 90.7 Å². The lowest BCUT2D eigenvalue weighted by atomic mass is 9.98. The molecule has 0 aliphatic carbocycles. The fraction of sp³-hybridized carbons (Fsp3) is 0.407. The van der Waals surface area contributed by atoms with Crippen molar-refractivity contribution in [2.75, 3.05) is 60.2 Å². The molecule has 1 atom stereocenters. The summed E-state index contributed by atoms with van der Waals surface area (Å²) in [5.41, 5.74) is 1.19. The fourth-order valence-corrected chi connectivity index (χ4v) is 4.91. The predicted molar refractivity (Wildman–Crippen MR) is 133 cm³/mol. The van der Waals surface area contributed by atoms with E-state index < -0.39 is 6.04 Å². The van der Waals surface area contributed by atoms with Crippen LogP contribution in [-0.2, 0) is 4.74 Å². The molecule has 1 unspecified atom stereocenters. The highest BCUT2D eigenvalue weighted by molar-refractivity contribution is 5.99. The Labute approximate surface area is 209 Å². The maximum Gasteiger partial charge on any atom is 0.290 e. The molecule has 0 bridgehead atoms. The van der Waals surface area contributed by atoms with Gasteiger partial charge in [0.25, 0.3) is 5.91 Å². The van der Waals surface area contributed by atoms with E-state index in [0.29, 0.717) is 66.7 Å². The van der Waals surface area contributed by atoms with Gasteiger partial charge in [-0.2, -0.15) is 0 Å². The van der Waals surface area contributed by atoms with Gasteiger partial charge in [-0.1, -0.05) is 6.07 Å². The van der Waals surface area contributed by atoms with Crippen molar-refractivity contribution in [1.29, 1.82) is 0 Å². The summed E-state index contributed by atoms with van der Waals surface area (Å²) in [5, 5.41) is 0.403. The van der Waals surface area contributed by atoms with Gasteiger partial charge in [0.05, 0.1) is 51.0 Å². The maximum atomic E-state index is 13.8. The molecule has 9 nitrogen and oxygen atoms in total. The van der Waals surface area contributed by atoms with Crippen molar-refractivity contribution in [3.05, 3.63) is 63.5 Å². The monoisotopic (exact) mass is 494 g/mol. The zero-order valence-corrected chi connectivity index (χ0v) is 20.7. The lowest BCUT2D eigenvalue weighted by Crippen LogP contribution is -2.42. The number of carbonyl (C=O) groups is 1. The van der Waals surface area contributed by atoms with Crippen LogP contribution in [0.15, 0.2) is 45.6 Å². The minimum absolute atomic E-state index is 0.0700. The number of morpholine rings is 1. The predicted octanol–water partition coefficient (Wildman–Crippen LogP) is 3.09. The molecule has 0 spiro atoms. The molecule has 3 heterocycles. The van der Waals surface area contributed by atoms with Crippen LogP contribution in [0.1, 0.15) is 34.6 Å². The van der Waals surface area contributed by atoms with Crippen LogP contribution < -0.4 is 19.6 Å². The second kappa shape index (κ2) is 10.2. The Morgan fingerprint density at radius 2 is 1.78 bits per heavy atom. The van der Waals surface area contributed by atoms with E-state index in [-0.39, 0.29) is 17.1 Å². The minimum Gasteiger partial charge on any atom is -0.497 e. The lowest BCUT2D eigenvalue weighted by Gasteiger charge is -2.31. The molecule has 9 heteroatoms. The normalized spacial score (nSPS) is 17.9. The molecule has 0 N–H and O–H groups in total. The van der Waals surface area contributed by atoms with Crippen LogP contribution in [0.4, 0.5) is 0 Å². The van der Waals surface area contributed by atoms with E-state index >= 15 is 0 Å². The molecule has 2 aliphatic heterocycles. The summed E-state index contributed by atoms with van der Waals surface area (Å²) in [5.74, 6) is 1.45. The number of carbonyl (C=O) groups excluding carboxylic acids is 1. The quantitative estimate of drug-likeness (QED) is 0.472. The number of amides is 1. The first-order chi connectivity index (χ1) is 17.5. The molecule has 1 amide bonds. The number of benzene rings is 2. The van der Waals surface area contributed by atoms with E-state index in [0.717, 1.165) is 18.7 Å². The number of rotatable bonds is 8. The first-order valence-corrected chi connectivity index (χ1v) is 12.1. The molecule has 2 aliphatic rings. The Morgan fingerprint density at radius 1 is 0.972 bits per heavy atom. The molecule has 3 aromatic rings. The Bertz CT molecular complexity index is 1330. The van der Waals surface area contributed by atoms with Crippen LogP contribution in [0.5, 0.6) is 17.2 Å². The van der Waals surface area contributed by atoms with Crippen molar-refractivity contribution < 1.29 is 28.2 Å². The SMILES string of the molecule is CCOc1ccc(C2c3c(oc4cc(OC)ccc4c3=O)C(=O)N2CCN2CCOCC2)cc1OC. The van der Waals surface area contributed by atoms with E-state index in [1.165, 1.54) is 0 Å². The third kappa shape index (κ3) is 4.29. The number of fused-ring (bicyclic) bond motifs is 2. The Kier molecular flexibility index (Phi) is 6.84. The zero-order chi connectivity index (χ0) is 25.2. The van der Waals surface area contributed by atoms with Crippen molar-refractivity contribution >= 4 is 16.9 Å². The third-order valence-corrected chi connectivity index (χ3v) is 6.74. The van der Waals surface area contributed by atoms with Crippen molar-refractivity contribution in [2.45, 2.75) is 13.0 Å². The molecule has 0 saturated carbocycles. The lowest BCUT2D eigenvalue weighted by molar-refractivity contribution is 0.0314. The van der Waals surface area contributed by atoms with Gasteiger partial charge in [0, 0.05) is 32.2 Å². The van der Waals surface area contributed by atoms with Crippen molar-refractivity contribution in [3.63, 3.8) is 0 Å². The van der Waals surface area contributed by atoms with Crippen LogP contribution >= 0.6 is 0 Å². The summed E-state index contributed by atoms with van der Waals surface area (Å²) < 4.78 is 28.0. The number of ether oxygens (including phenoxy) is 4. The van der Waals surface area contributed by atoms with Gasteiger partial charge >= 0.3 is 0 Å². The number of hydrogen-bond donors (Lipinski definition) is 0. The molecular weight excluding hydrogens is 464 g/mol. The van der Waals surface area contributed by atoms with Crippen LogP contribution in [0, 0.1) is 0 Å². The summed E-state index contributed by atoms with van der Waals surface area (Å²) in [6.45, 7) is 6.43. The summed E-state index contributed by atoms with van der Waals surface area (Å²) >= 11 is 0. The molecular formula is C27H30N2O7. The highest BCUT2D eigenvalue weighted by atomic mass is 16.5. The van der Waals surface area contributed by atoms with Gasteiger partial charge in [-0.05, 0) is 36.8 Å². The largest absolute Gasteiger partial charge is 0.497 e. The summed E-state index contributed by atoms with van der Waals surface area (Å²) in [6, 6.07) is 9.94. The standard InChI is InChI=1S/C27H30N2O7/c1-4-35-20-8-5-17(15-22(20)33-3)24-23-25(30)19-7-6-18(32-2)16-21(19)36-26(23)27(31)29(24)10-9-28-11-13-34-14-12-28/h5-8,15-16,24H,4,9-14H2,1-3H3. The average Bonchev–Trinajstić information content (AvgIpc) is 3.19. The Balaban J connectivity index is 1.61. The first-order valence-electron chi connectivity index (χ1n) is 12.1. The average molecular weight is 495 g/mol. The van der Waals surface area contributed by atoms with Crippen molar-refractivity contribution in [3.8, 4) is 17.2 Å². The first kappa shape index (κ1) is 24.1. The van der Waals surface area contributed by atoms with Gasteiger partial charge in [-0.15, -0.1) is 0 Å². The van der Waals surface area contributed by atoms with E-state index in [2.05, 4.69) is 4.90 Å². The highest BCUT2D eigenvalue weighted by Crippen LogP contribution is 2.41. The van der Waals surface area contributed by atoms with Gasteiger partial charge in [-0.3, -0.25) is 14.5 Å². The number of nitrogens with zero attached hydrogens (tertiary/aromatic N) is 2. The van der Waals surface area contributed by atoms with E-state index in [4.69, 9.17) is 23.4 Å². The van der Waals surface area contributed by atoms with E-state index in [1.54, 1.807) is 37.3 Å². The molecule has 0 radical (unpaired) electrons. The third-order valence-electron chi connectivity index (χ3n) is 6.74. The Morgan fingerprint density at radius 3 is 2.50 bits per heavy atom. The summed E-state index contributed by atoms with van der Waals surface area (Å²) in [6.07, 6.45) is 0. The van der Waals surface area contributed by atoms with Crippen molar-refractivity contribution in [2.24, 2.45) is 0 Å². The number of methoxy groups -OCH3 is 2. The maximum absolute atomic E-state index is 13.8. The van der Waals surface area contributed by atoms with Gasteiger partial charge in [0.2, 0.25) is 5.76 Å². The van der Waals surface area contributed by atoms with Gasteiger partial charge in [0.15, 0.2) is 16.9 Å². The fourth-order valence-electron chi connectivity index (χ4n) is 4.91. The van der Waals surface area contributed by atoms with E-state index in [1.807, 2.05) is 25.1 Å². The molecule has 1 saturated heterocycles. The van der Waals surface area contributed by atoms with Crippen LogP contribution in [-0.4, -0.2) is 75.9 Å². The van der Waals surface area contributed by atoms with Gasteiger partial charge in [0.1, 0.15) is 11.3 Å². The molecule has 1 aromatic heterocycles. The van der Waals surface area contributed by atoms with Gasteiger partial charge < -0.3 is 28.3 Å². The molecule has 1 fully saturated rings. The summed E-state index contributed by atoms with van der Waals surface area (Å²) in [4.78, 5) is 31.4. The number of hydrogen-bond acceptors (Lipinski definition) is 8. The zero-order valence-electron chi connectivity index (χ0n) is 20.7. The highest BCUT2D eigenvalue weighted by Gasteiger charge is 2.43. The van der Waals surface area contributed by atoms with Crippen LogP contribution in [0.2, 0.25) is 0 Å². The minimum atomic E-state index is -0.610.